The number of aromatic nitrogens is 4. The van der Waals surface area contributed by atoms with Crippen LogP contribution in [0.25, 0.3) is 5.65 Å². The number of ether oxygens (including phenoxy) is 1. The predicted molar refractivity (Wildman–Crippen MR) is 137 cm³/mol. The van der Waals surface area contributed by atoms with Crippen LogP contribution in [-0.2, 0) is 21.4 Å². The number of hydrogen-bond donors (Lipinski definition) is 2. The van der Waals surface area contributed by atoms with E-state index in [4.69, 9.17) is 4.74 Å². The van der Waals surface area contributed by atoms with E-state index in [0.29, 0.717) is 25.1 Å². The van der Waals surface area contributed by atoms with E-state index >= 15 is 0 Å². The molecule has 12 heteroatoms. The van der Waals surface area contributed by atoms with Crippen molar-refractivity contribution >= 4 is 27.6 Å². The third-order valence-corrected chi connectivity index (χ3v) is 7.15. The second-order valence-electron chi connectivity index (χ2n) is 8.63. The summed E-state index contributed by atoms with van der Waals surface area (Å²) in [7, 11) is -2.26. The van der Waals surface area contributed by atoms with Crippen molar-refractivity contribution in [3.8, 4) is 5.75 Å². The van der Waals surface area contributed by atoms with Crippen LogP contribution < -0.4 is 4.72 Å². The van der Waals surface area contributed by atoms with E-state index in [9.17, 15) is 18.3 Å². The molecule has 2 N–H and O–H groups in total. The molecule has 0 saturated heterocycles. The van der Waals surface area contributed by atoms with Gasteiger partial charge >= 0.3 is 6.09 Å². The number of fused-ring (bicyclic) bond motifs is 1. The van der Waals surface area contributed by atoms with E-state index < -0.39 is 16.1 Å². The van der Waals surface area contributed by atoms with Crippen molar-refractivity contribution in [3.05, 3.63) is 78.4 Å². The first-order chi connectivity index (χ1) is 17.7. The SMILES string of the molecule is CC(CCCN(C)C(=O)OCc1ccccc1)c1cc(NS(=O)(=O)c2cccnc2)n2ncc(O)c2n1. The maximum absolute atomic E-state index is 12.9. The van der Waals surface area contributed by atoms with Crippen LogP contribution in [0.1, 0.15) is 36.9 Å². The molecule has 0 bridgehead atoms. The zero-order chi connectivity index (χ0) is 26.4. The molecule has 1 unspecified atom stereocenters. The number of pyridine rings is 1. The van der Waals surface area contributed by atoms with Crippen molar-refractivity contribution in [2.45, 2.75) is 37.2 Å². The second kappa shape index (κ2) is 11.2. The fourth-order valence-corrected chi connectivity index (χ4v) is 4.70. The number of nitrogens with one attached hydrogen (secondary N) is 1. The van der Waals surface area contributed by atoms with Crippen LogP contribution in [0.4, 0.5) is 10.6 Å². The molecule has 0 radical (unpaired) electrons. The van der Waals surface area contributed by atoms with E-state index in [1.165, 1.54) is 40.1 Å². The lowest BCUT2D eigenvalue weighted by atomic mass is 10.0. The first-order valence-electron chi connectivity index (χ1n) is 11.7. The van der Waals surface area contributed by atoms with E-state index in [-0.39, 0.29) is 34.6 Å². The number of carbonyl (C=O) groups excluding carboxylic acids is 1. The molecule has 0 saturated carbocycles. The Morgan fingerprint density at radius 3 is 2.70 bits per heavy atom. The van der Waals surface area contributed by atoms with E-state index in [1.807, 2.05) is 37.3 Å². The van der Waals surface area contributed by atoms with Crippen molar-refractivity contribution in [1.29, 1.82) is 0 Å². The average Bonchev–Trinajstić information content (AvgIpc) is 3.28. The Morgan fingerprint density at radius 1 is 1.19 bits per heavy atom. The maximum atomic E-state index is 12.9. The Balaban J connectivity index is 1.41. The van der Waals surface area contributed by atoms with Gasteiger partial charge in [-0.3, -0.25) is 9.71 Å². The standard InChI is InChI=1S/C25H28N6O5S/c1-18(8-7-13-30(2)25(33)36-17-19-9-4-3-5-10-19)21-14-23(31-24(28-21)22(32)16-27-31)29-37(34,35)20-11-6-12-26-15-20/h3-6,9-12,14-16,18,29,32H,7-8,13,17H2,1-2H3. The first kappa shape index (κ1) is 25.9. The molecule has 194 valence electrons. The lowest BCUT2D eigenvalue weighted by Crippen LogP contribution is -2.28. The normalized spacial score (nSPS) is 12.3. The summed E-state index contributed by atoms with van der Waals surface area (Å²) in [5, 5.41) is 14.3. The van der Waals surface area contributed by atoms with Gasteiger partial charge in [-0.1, -0.05) is 37.3 Å². The molecular weight excluding hydrogens is 496 g/mol. The van der Waals surface area contributed by atoms with E-state index in [0.717, 1.165) is 5.56 Å². The zero-order valence-corrected chi connectivity index (χ0v) is 21.3. The Morgan fingerprint density at radius 2 is 1.97 bits per heavy atom. The van der Waals surface area contributed by atoms with Crippen LogP contribution in [0, 0.1) is 0 Å². The summed E-state index contributed by atoms with van der Waals surface area (Å²) in [6.45, 7) is 2.62. The number of carbonyl (C=O) groups is 1. The first-order valence-corrected chi connectivity index (χ1v) is 13.1. The highest BCUT2D eigenvalue weighted by Crippen LogP contribution is 2.27. The van der Waals surface area contributed by atoms with Crippen molar-refractivity contribution in [2.75, 3.05) is 18.3 Å². The molecular formula is C25H28N6O5S. The lowest BCUT2D eigenvalue weighted by Gasteiger charge is -2.19. The Bertz CT molecular complexity index is 1460. The molecule has 4 rings (SSSR count). The van der Waals surface area contributed by atoms with Crippen molar-refractivity contribution in [2.24, 2.45) is 0 Å². The molecule has 1 atom stereocenters. The van der Waals surface area contributed by atoms with Gasteiger partial charge in [0.25, 0.3) is 10.0 Å². The molecule has 0 aliphatic rings. The third kappa shape index (κ3) is 6.33. The van der Waals surface area contributed by atoms with Crippen LogP contribution in [0.3, 0.4) is 0 Å². The van der Waals surface area contributed by atoms with Crippen LogP contribution in [0.2, 0.25) is 0 Å². The van der Waals surface area contributed by atoms with Gasteiger partial charge < -0.3 is 14.7 Å². The van der Waals surface area contributed by atoms with Gasteiger partial charge in [0.1, 0.15) is 17.3 Å². The Kier molecular flexibility index (Phi) is 7.87. The predicted octanol–water partition coefficient (Wildman–Crippen LogP) is 3.78. The monoisotopic (exact) mass is 524 g/mol. The molecule has 0 spiro atoms. The smallest absolute Gasteiger partial charge is 0.409 e. The lowest BCUT2D eigenvalue weighted by molar-refractivity contribution is 0.104. The molecule has 0 fully saturated rings. The maximum Gasteiger partial charge on any atom is 0.409 e. The summed E-state index contributed by atoms with van der Waals surface area (Å²) in [6.07, 6.45) is 4.83. The summed E-state index contributed by atoms with van der Waals surface area (Å²) >= 11 is 0. The number of rotatable bonds is 10. The summed E-state index contributed by atoms with van der Waals surface area (Å²) in [5.41, 5.74) is 1.62. The van der Waals surface area contributed by atoms with E-state index in [1.54, 1.807) is 13.1 Å². The van der Waals surface area contributed by atoms with Crippen LogP contribution in [-0.4, -0.2) is 57.7 Å². The summed E-state index contributed by atoms with van der Waals surface area (Å²) < 4.78 is 34.8. The topological polar surface area (TPSA) is 139 Å². The summed E-state index contributed by atoms with van der Waals surface area (Å²) in [5.74, 6) is -0.135. The molecule has 37 heavy (non-hydrogen) atoms. The van der Waals surface area contributed by atoms with Crippen molar-refractivity contribution in [3.63, 3.8) is 0 Å². The van der Waals surface area contributed by atoms with Gasteiger partial charge in [0.05, 0.1) is 6.20 Å². The number of aromatic hydroxyl groups is 1. The van der Waals surface area contributed by atoms with Crippen molar-refractivity contribution < 1.29 is 23.1 Å². The number of hydrogen-bond acceptors (Lipinski definition) is 8. The third-order valence-electron chi connectivity index (χ3n) is 5.81. The van der Waals surface area contributed by atoms with Gasteiger partial charge in [-0.15, -0.1) is 0 Å². The highest BCUT2D eigenvalue weighted by molar-refractivity contribution is 7.92. The summed E-state index contributed by atoms with van der Waals surface area (Å²) in [6, 6.07) is 14.0. The fraction of sp³-hybridized carbons (Fsp3) is 0.280. The van der Waals surface area contributed by atoms with Gasteiger partial charge in [0, 0.05) is 37.7 Å². The quantitative estimate of drug-likeness (QED) is 0.320. The van der Waals surface area contributed by atoms with Gasteiger partial charge in [0.2, 0.25) is 0 Å². The van der Waals surface area contributed by atoms with Crippen LogP contribution >= 0.6 is 0 Å². The number of nitrogens with zero attached hydrogens (tertiary/aromatic N) is 5. The van der Waals surface area contributed by atoms with Gasteiger partial charge in [0.15, 0.2) is 11.4 Å². The number of sulfonamides is 1. The number of benzene rings is 1. The minimum absolute atomic E-state index is 0.00636. The zero-order valence-electron chi connectivity index (χ0n) is 20.5. The Hall–Kier alpha value is -4.19. The van der Waals surface area contributed by atoms with Crippen molar-refractivity contribution in [1.82, 2.24) is 24.5 Å². The van der Waals surface area contributed by atoms with Gasteiger partial charge in [-0.05, 0) is 36.5 Å². The fourth-order valence-electron chi connectivity index (χ4n) is 3.70. The molecule has 4 aromatic rings. The number of amides is 1. The molecule has 1 aromatic carbocycles. The van der Waals surface area contributed by atoms with Gasteiger partial charge in [-0.25, -0.2) is 18.2 Å². The molecule has 0 aliphatic carbocycles. The molecule has 1 amide bonds. The average molecular weight is 525 g/mol. The largest absolute Gasteiger partial charge is 0.503 e. The van der Waals surface area contributed by atoms with Crippen LogP contribution in [0.5, 0.6) is 5.75 Å². The molecule has 11 nitrogen and oxygen atoms in total. The Labute approximate surface area is 214 Å². The molecule has 3 heterocycles. The number of anilines is 1. The highest BCUT2D eigenvalue weighted by Gasteiger charge is 2.21. The van der Waals surface area contributed by atoms with Gasteiger partial charge in [-0.2, -0.15) is 9.61 Å². The highest BCUT2D eigenvalue weighted by atomic mass is 32.2. The molecule has 3 aromatic heterocycles. The summed E-state index contributed by atoms with van der Waals surface area (Å²) in [4.78, 5) is 22.2. The minimum Gasteiger partial charge on any atom is -0.503 e. The molecule has 0 aliphatic heterocycles. The second-order valence-corrected chi connectivity index (χ2v) is 10.3. The van der Waals surface area contributed by atoms with Crippen LogP contribution in [0.15, 0.2) is 72.0 Å². The van der Waals surface area contributed by atoms with E-state index in [2.05, 4.69) is 19.8 Å². The minimum atomic E-state index is -3.94.